The molecule has 26 heavy (non-hydrogen) atoms. The Balaban J connectivity index is 1.88. The van der Waals surface area contributed by atoms with Crippen LogP contribution in [0.15, 0.2) is 42.5 Å². The quantitative estimate of drug-likeness (QED) is 0.651. The maximum atomic E-state index is 14.2. The number of hydrogen-bond donors (Lipinski definition) is 1. The second kappa shape index (κ2) is 7.76. The Kier molecular flexibility index (Phi) is 5.43. The predicted molar refractivity (Wildman–Crippen MR) is 93.5 cm³/mol. The van der Waals surface area contributed by atoms with Gasteiger partial charge in [0.05, 0.1) is 11.5 Å². The van der Waals surface area contributed by atoms with Gasteiger partial charge in [0.15, 0.2) is 0 Å². The Morgan fingerprint density at radius 1 is 1.19 bits per heavy atom. The van der Waals surface area contributed by atoms with E-state index >= 15 is 0 Å². The summed E-state index contributed by atoms with van der Waals surface area (Å²) in [4.78, 5) is 13.0. The van der Waals surface area contributed by atoms with Gasteiger partial charge in [-0.1, -0.05) is 6.07 Å². The van der Waals surface area contributed by atoms with E-state index in [0.717, 1.165) is 11.3 Å². The summed E-state index contributed by atoms with van der Waals surface area (Å²) in [5.41, 5.74) is 0.874. The molecular formula is C18H14F3NO3S. The molecule has 0 aliphatic carbocycles. The van der Waals surface area contributed by atoms with Crippen molar-refractivity contribution in [2.24, 2.45) is 0 Å². The topological polar surface area (TPSA) is 47.6 Å². The fourth-order valence-corrected chi connectivity index (χ4v) is 3.66. The van der Waals surface area contributed by atoms with Crippen molar-refractivity contribution in [3.05, 3.63) is 58.7 Å². The van der Waals surface area contributed by atoms with Crippen LogP contribution in [0, 0.1) is 5.82 Å². The molecule has 1 aromatic heterocycles. The van der Waals surface area contributed by atoms with Crippen molar-refractivity contribution < 1.29 is 27.4 Å². The van der Waals surface area contributed by atoms with Crippen LogP contribution in [0.4, 0.5) is 18.9 Å². The van der Waals surface area contributed by atoms with Gasteiger partial charge in [0, 0.05) is 28.4 Å². The monoisotopic (exact) mass is 381 g/mol. The van der Waals surface area contributed by atoms with Crippen LogP contribution in [0.2, 0.25) is 0 Å². The van der Waals surface area contributed by atoms with Gasteiger partial charge in [-0.05, 0) is 36.4 Å². The lowest BCUT2D eigenvalue weighted by Gasteiger charge is -2.08. The molecule has 3 rings (SSSR count). The third-order valence-corrected chi connectivity index (χ3v) is 4.79. The summed E-state index contributed by atoms with van der Waals surface area (Å²) in [6.07, 6.45) is 0. The molecule has 0 atom stereocenters. The highest BCUT2D eigenvalue weighted by Gasteiger charge is 2.20. The highest BCUT2D eigenvalue weighted by molar-refractivity contribution is 7.21. The van der Waals surface area contributed by atoms with E-state index in [-0.39, 0.29) is 12.4 Å². The number of carbonyl (C=O) groups excluding carboxylic acids is 1. The minimum Gasteiger partial charge on any atom is -0.435 e. The molecule has 0 radical (unpaired) electrons. The average molecular weight is 381 g/mol. The molecule has 2 aromatic carbocycles. The van der Waals surface area contributed by atoms with Crippen molar-refractivity contribution in [3.63, 3.8) is 0 Å². The first kappa shape index (κ1) is 18.2. The normalized spacial score (nSPS) is 11.1. The van der Waals surface area contributed by atoms with Gasteiger partial charge in [-0.2, -0.15) is 8.78 Å². The van der Waals surface area contributed by atoms with Gasteiger partial charge < -0.3 is 14.8 Å². The molecule has 3 aromatic rings. The second-order valence-electron chi connectivity index (χ2n) is 5.31. The summed E-state index contributed by atoms with van der Waals surface area (Å²) in [5.74, 6) is -0.861. The summed E-state index contributed by atoms with van der Waals surface area (Å²) in [7, 11) is 1.47. The van der Waals surface area contributed by atoms with Crippen molar-refractivity contribution in [1.29, 1.82) is 0 Å². The molecule has 0 fully saturated rings. The Bertz CT molecular complexity index is 925. The lowest BCUT2D eigenvalue weighted by Crippen LogP contribution is -2.12. The van der Waals surface area contributed by atoms with E-state index in [1.165, 1.54) is 37.4 Å². The summed E-state index contributed by atoms with van der Waals surface area (Å²) < 4.78 is 48.5. The average Bonchev–Trinajstić information content (AvgIpc) is 2.97. The van der Waals surface area contributed by atoms with Crippen LogP contribution in [-0.4, -0.2) is 19.6 Å². The summed E-state index contributed by atoms with van der Waals surface area (Å²) in [5, 5.41) is 3.03. The van der Waals surface area contributed by atoms with Gasteiger partial charge in [-0.15, -0.1) is 11.3 Å². The van der Waals surface area contributed by atoms with Crippen LogP contribution in [0.3, 0.4) is 0 Å². The van der Waals surface area contributed by atoms with E-state index in [0.29, 0.717) is 26.2 Å². The van der Waals surface area contributed by atoms with Gasteiger partial charge >= 0.3 is 6.61 Å². The Hall–Kier alpha value is -2.58. The van der Waals surface area contributed by atoms with Gasteiger partial charge in [0.1, 0.15) is 11.6 Å². The third kappa shape index (κ3) is 3.81. The van der Waals surface area contributed by atoms with Gasteiger partial charge in [0.2, 0.25) is 0 Å². The SMILES string of the molecule is COCc1c(C(=O)Nc2ccc(OC(F)F)cc2)sc2cccc(F)c12. The molecule has 1 heterocycles. The number of fused-ring (bicyclic) bond motifs is 1. The fourth-order valence-electron chi connectivity index (χ4n) is 2.54. The number of anilines is 1. The number of carbonyl (C=O) groups is 1. The number of thiophene rings is 1. The first-order valence-corrected chi connectivity index (χ1v) is 8.36. The third-order valence-electron chi connectivity index (χ3n) is 3.60. The number of benzene rings is 2. The van der Waals surface area contributed by atoms with Crippen molar-refractivity contribution in [2.75, 3.05) is 12.4 Å². The van der Waals surface area contributed by atoms with Crippen LogP contribution >= 0.6 is 11.3 Å². The van der Waals surface area contributed by atoms with E-state index in [4.69, 9.17) is 4.74 Å². The van der Waals surface area contributed by atoms with Crippen molar-refractivity contribution >= 4 is 33.0 Å². The molecule has 0 aliphatic heterocycles. The molecule has 0 bridgehead atoms. The number of methoxy groups -OCH3 is 1. The standard InChI is InChI=1S/C18H14F3NO3S/c1-24-9-12-15-13(19)3-2-4-14(15)26-16(12)17(23)22-10-5-7-11(8-6-10)25-18(20)21/h2-8,18H,9H2,1H3,(H,22,23). The zero-order valence-corrected chi connectivity index (χ0v) is 14.4. The highest BCUT2D eigenvalue weighted by atomic mass is 32.1. The van der Waals surface area contributed by atoms with E-state index in [2.05, 4.69) is 10.1 Å². The van der Waals surface area contributed by atoms with Crippen molar-refractivity contribution in [1.82, 2.24) is 0 Å². The number of amides is 1. The van der Waals surface area contributed by atoms with Crippen LogP contribution in [0.25, 0.3) is 10.1 Å². The summed E-state index contributed by atoms with van der Waals surface area (Å²) >= 11 is 1.16. The number of nitrogens with one attached hydrogen (secondary N) is 1. The molecule has 0 saturated heterocycles. The minimum absolute atomic E-state index is 0.0120. The number of rotatable bonds is 6. The Morgan fingerprint density at radius 3 is 2.58 bits per heavy atom. The van der Waals surface area contributed by atoms with Gasteiger partial charge in [-0.3, -0.25) is 4.79 Å². The Labute approximate surface area is 151 Å². The molecule has 0 spiro atoms. The number of alkyl halides is 2. The Morgan fingerprint density at radius 2 is 1.92 bits per heavy atom. The van der Waals surface area contributed by atoms with Crippen molar-refractivity contribution in [2.45, 2.75) is 13.2 Å². The number of hydrogen-bond acceptors (Lipinski definition) is 4. The predicted octanol–water partition coefficient (Wildman–Crippen LogP) is 5.04. The van der Waals surface area contributed by atoms with Crippen LogP contribution in [0.5, 0.6) is 5.75 Å². The van der Waals surface area contributed by atoms with Gasteiger partial charge in [0.25, 0.3) is 5.91 Å². The largest absolute Gasteiger partial charge is 0.435 e. The summed E-state index contributed by atoms with van der Waals surface area (Å²) in [6.45, 7) is -2.83. The highest BCUT2D eigenvalue weighted by Crippen LogP contribution is 2.34. The van der Waals surface area contributed by atoms with E-state index in [9.17, 15) is 18.0 Å². The zero-order chi connectivity index (χ0) is 18.7. The van der Waals surface area contributed by atoms with E-state index < -0.39 is 18.3 Å². The zero-order valence-electron chi connectivity index (χ0n) is 13.6. The summed E-state index contributed by atoms with van der Waals surface area (Å²) in [6, 6.07) is 10.2. The molecule has 1 N–H and O–H groups in total. The van der Waals surface area contributed by atoms with Crippen molar-refractivity contribution in [3.8, 4) is 5.75 Å². The maximum Gasteiger partial charge on any atom is 0.387 e. The first-order valence-electron chi connectivity index (χ1n) is 7.54. The molecule has 136 valence electrons. The first-order chi connectivity index (χ1) is 12.5. The fraction of sp³-hybridized carbons (Fsp3) is 0.167. The van der Waals surface area contributed by atoms with E-state index in [1.807, 2.05) is 0 Å². The lowest BCUT2D eigenvalue weighted by molar-refractivity contribution is -0.0498. The lowest BCUT2D eigenvalue weighted by atomic mass is 10.1. The van der Waals surface area contributed by atoms with Gasteiger partial charge in [-0.25, -0.2) is 4.39 Å². The van der Waals surface area contributed by atoms with Crippen LogP contribution in [-0.2, 0) is 11.3 Å². The van der Waals surface area contributed by atoms with Crippen LogP contribution in [0.1, 0.15) is 15.2 Å². The molecule has 0 aliphatic rings. The number of ether oxygens (including phenoxy) is 2. The van der Waals surface area contributed by atoms with Crippen LogP contribution < -0.4 is 10.1 Å². The maximum absolute atomic E-state index is 14.2. The molecule has 1 amide bonds. The molecule has 4 nitrogen and oxygen atoms in total. The molecule has 0 saturated carbocycles. The second-order valence-corrected chi connectivity index (χ2v) is 6.36. The minimum atomic E-state index is -2.92. The smallest absolute Gasteiger partial charge is 0.387 e. The molecule has 0 unspecified atom stereocenters. The van der Waals surface area contributed by atoms with E-state index in [1.54, 1.807) is 12.1 Å². The molecule has 8 heteroatoms. The number of halogens is 3. The molecular weight excluding hydrogens is 367 g/mol.